The second-order valence-corrected chi connectivity index (χ2v) is 14.9. The van der Waals surface area contributed by atoms with Crippen LogP contribution in [0.3, 0.4) is 0 Å². The summed E-state index contributed by atoms with van der Waals surface area (Å²) in [6, 6.07) is 15.6. The summed E-state index contributed by atoms with van der Waals surface area (Å²) in [4.78, 5) is 14.6. The summed E-state index contributed by atoms with van der Waals surface area (Å²) in [5.74, 6) is -0.217. The summed E-state index contributed by atoms with van der Waals surface area (Å²) in [6.07, 6.45) is 11.5. The Morgan fingerprint density at radius 1 is 0.788 bits per heavy atom. The topological polar surface area (TPSA) is 79.1 Å². The van der Waals surface area contributed by atoms with E-state index in [4.69, 9.17) is 9.97 Å². The van der Waals surface area contributed by atoms with Crippen molar-refractivity contribution in [1.82, 2.24) is 29.6 Å². The van der Waals surface area contributed by atoms with Gasteiger partial charge >= 0.3 is 0 Å². The fraction of sp³-hybridized carbons (Fsp3) is 0.439. The van der Waals surface area contributed by atoms with Crippen LogP contribution in [0, 0.1) is 18.6 Å². The number of benzene rings is 2. The third-order valence-electron chi connectivity index (χ3n) is 11.2. The number of hydrogen-bond acceptors (Lipinski definition) is 7. The van der Waals surface area contributed by atoms with Crippen molar-refractivity contribution < 1.29 is 8.78 Å². The monoisotopic (exact) mass is 705 g/mol. The maximum Gasteiger partial charge on any atom is 0.208 e. The SMILES string of the molecule is C=C1Nc2nc3ccc(N4CCC(NC5CCN(c6cc(F)cc(F)c6)CC5)CC4)cc3n2CCCCCCc2c(cnn2C)-c2cc1cc(C)n2. The number of aromatic nitrogens is 5. The molecule has 3 aliphatic heterocycles. The lowest BCUT2D eigenvalue weighted by Gasteiger charge is -2.39. The van der Waals surface area contributed by atoms with Crippen molar-refractivity contribution >= 4 is 34.1 Å². The first kappa shape index (κ1) is 34.3. The quantitative estimate of drug-likeness (QED) is 0.197. The van der Waals surface area contributed by atoms with Gasteiger partial charge in [-0.15, -0.1) is 0 Å². The van der Waals surface area contributed by atoms with Crippen LogP contribution in [0.5, 0.6) is 0 Å². The van der Waals surface area contributed by atoms with E-state index in [1.807, 2.05) is 24.9 Å². The van der Waals surface area contributed by atoms with Crippen LogP contribution in [0.4, 0.5) is 26.1 Å². The molecule has 9 nitrogen and oxygen atoms in total. The summed E-state index contributed by atoms with van der Waals surface area (Å²) < 4.78 is 31.9. The zero-order valence-corrected chi connectivity index (χ0v) is 30.3. The summed E-state index contributed by atoms with van der Waals surface area (Å²) in [7, 11) is 2.02. The van der Waals surface area contributed by atoms with Crippen LogP contribution in [0.15, 0.2) is 61.3 Å². The third kappa shape index (κ3) is 7.28. The molecule has 2 fully saturated rings. The summed E-state index contributed by atoms with van der Waals surface area (Å²) >= 11 is 0. The van der Waals surface area contributed by atoms with Crippen molar-refractivity contribution in [3.8, 4) is 11.3 Å². The Bertz CT molecular complexity index is 2050. The molecule has 0 saturated carbocycles. The number of aryl methyl sites for hydroxylation is 3. The van der Waals surface area contributed by atoms with Crippen LogP contribution in [0.2, 0.25) is 0 Å². The number of rotatable bonds is 4. The molecule has 3 aliphatic rings. The van der Waals surface area contributed by atoms with Crippen molar-refractivity contribution in [2.24, 2.45) is 7.05 Å². The molecule has 5 aromatic rings. The highest BCUT2D eigenvalue weighted by atomic mass is 19.1. The first-order valence-corrected chi connectivity index (χ1v) is 19.0. The van der Waals surface area contributed by atoms with Gasteiger partial charge in [0, 0.05) is 97.5 Å². The second-order valence-electron chi connectivity index (χ2n) is 14.9. The van der Waals surface area contributed by atoms with Crippen molar-refractivity contribution in [2.45, 2.75) is 83.3 Å². The van der Waals surface area contributed by atoms with E-state index < -0.39 is 11.6 Å². The Morgan fingerprint density at radius 2 is 1.48 bits per heavy atom. The van der Waals surface area contributed by atoms with Gasteiger partial charge in [0.1, 0.15) is 11.6 Å². The smallest absolute Gasteiger partial charge is 0.208 e. The van der Waals surface area contributed by atoms with Crippen LogP contribution in [0.25, 0.3) is 28.0 Å². The molecule has 0 atom stereocenters. The van der Waals surface area contributed by atoms with Gasteiger partial charge in [0.05, 0.1) is 22.9 Å². The number of hydrogen-bond donors (Lipinski definition) is 2. The first-order valence-electron chi connectivity index (χ1n) is 19.0. The highest BCUT2D eigenvalue weighted by Crippen LogP contribution is 2.32. The van der Waals surface area contributed by atoms with Crippen LogP contribution in [-0.2, 0) is 20.0 Å². The number of nitrogens with one attached hydrogen (secondary N) is 2. The lowest BCUT2D eigenvalue weighted by Crippen LogP contribution is -2.50. The Labute approximate surface area is 304 Å². The van der Waals surface area contributed by atoms with Crippen LogP contribution >= 0.6 is 0 Å². The Balaban J connectivity index is 0.948. The van der Waals surface area contributed by atoms with Gasteiger partial charge < -0.3 is 25.0 Å². The van der Waals surface area contributed by atoms with Gasteiger partial charge in [-0.25, -0.2) is 13.8 Å². The average Bonchev–Trinajstić information content (AvgIpc) is 3.67. The molecule has 52 heavy (non-hydrogen) atoms. The van der Waals surface area contributed by atoms with Gasteiger partial charge in [0.2, 0.25) is 5.95 Å². The molecule has 2 bridgehead atoms. The minimum atomic E-state index is -0.519. The van der Waals surface area contributed by atoms with Gasteiger partial charge in [-0.2, -0.15) is 5.10 Å². The Kier molecular flexibility index (Phi) is 9.70. The molecule has 272 valence electrons. The molecular formula is C41H49F2N9. The largest absolute Gasteiger partial charge is 0.371 e. The zero-order chi connectivity index (χ0) is 35.8. The zero-order valence-electron chi connectivity index (χ0n) is 30.3. The van der Waals surface area contributed by atoms with Crippen molar-refractivity contribution in [3.63, 3.8) is 0 Å². The molecule has 0 spiro atoms. The second kappa shape index (κ2) is 14.7. The maximum absolute atomic E-state index is 13.8. The predicted octanol–water partition coefficient (Wildman–Crippen LogP) is 7.85. The molecule has 2 N–H and O–H groups in total. The standard InChI is InChI=1S/C41H49F2N9/c1-27-20-29-21-38(45-27)36-26-44-49(3)39(36)8-6-4-5-7-15-52-40-25-34(9-10-37(40)48-41(52)46-28(29)2)50-16-11-32(12-17-50)47-33-13-18-51(19-14-33)35-23-30(42)22-31(43)24-35/h9-10,20-26,32-33,47H,2,4-8,11-19H2,1,3H3,(H,46,48). The predicted molar refractivity (Wildman–Crippen MR) is 206 cm³/mol. The number of fused-ring (bicyclic) bond motifs is 7. The number of pyridine rings is 1. The van der Waals surface area contributed by atoms with E-state index in [0.29, 0.717) is 17.8 Å². The van der Waals surface area contributed by atoms with Gasteiger partial charge in [-0.3, -0.25) is 9.67 Å². The fourth-order valence-electron chi connectivity index (χ4n) is 8.37. The molecule has 2 saturated heterocycles. The highest BCUT2D eigenvalue weighted by molar-refractivity contribution is 5.85. The molecule has 0 amide bonds. The van der Waals surface area contributed by atoms with E-state index in [2.05, 4.69) is 67.0 Å². The van der Waals surface area contributed by atoms with Gasteiger partial charge in [-0.1, -0.05) is 19.4 Å². The Morgan fingerprint density at radius 3 is 2.21 bits per heavy atom. The number of imidazole rings is 1. The highest BCUT2D eigenvalue weighted by Gasteiger charge is 2.26. The van der Waals surface area contributed by atoms with Gasteiger partial charge in [-0.05, 0) is 94.3 Å². The van der Waals surface area contributed by atoms with Gasteiger partial charge in [0.25, 0.3) is 0 Å². The molecular weight excluding hydrogens is 657 g/mol. The number of halogens is 2. The van der Waals surface area contributed by atoms with Crippen LogP contribution in [0.1, 0.15) is 68.3 Å². The van der Waals surface area contributed by atoms with E-state index in [1.54, 1.807) is 0 Å². The maximum atomic E-state index is 13.8. The minimum absolute atomic E-state index is 0.422. The lowest BCUT2D eigenvalue weighted by atomic mass is 9.99. The molecule has 6 heterocycles. The number of piperidine rings is 2. The van der Waals surface area contributed by atoms with E-state index in [9.17, 15) is 8.78 Å². The number of nitrogens with zero attached hydrogens (tertiary/aromatic N) is 7. The van der Waals surface area contributed by atoms with E-state index in [-0.39, 0.29) is 0 Å². The molecule has 2 aromatic carbocycles. The molecule has 0 radical (unpaired) electrons. The molecule has 0 unspecified atom stereocenters. The van der Waals surface area contributed by atoms with Gasteiger partial charge in [0.15, 0.2) is 0 Å². The molecule has 11 heteroatoms. The normalized spacial score (nSPS) is 18.1. The lowest BCUT2D eigenvalue weighted by molar-refractivity contribution is 0.328. The third-order valence-corrected chi connectivity index (χ3v) is 11.2. The van der Waals surface area contributed by atoms with E-state index >= 15 is 0 Å². The molecule has 3 aromatic heterocycles. The van der Waals surface area contributed by atoms with E-state index in [0.717, 1.165) is 142 Å². The summed E-state index contributed by atoms with van der Waals surface area (Å²) in [5, 5.41) is 12.1. The summed E-state index contributed by atoms with van der Waals surface area (Å²) in [5.41, 5.74) is 9.98. The first-order chi connectivity index (χ1) is 25.3. The minimum Gasteiger partial charge on any atom is -0.371 e. The van der Waals surface area contributed by atoms with Crippen molar-refractivity contribution in [2.75, 3.05) is 41.3 Å². The van der Waals surface area contributed by atoms with Crippen molar-refractivity contribution in [1.29, 1.82) is 0 Å². The summed E-state index contributed by atoms with van der Waals surface area (Å²) in [6.45, 7) is 10.9. The molecule has 8 rings (SSSR count). The van der Waals surface area contributed by atoms with Crippen molar-refractivity contribution in [3.05, 3.63) is 89.9 Å². The van der Waals surface area contributed by atoms with Crippen LogP contribution in [-0.4, -0.2) is 62.6 Å². The average molecular weight is 706 g/mol. The number of anilines is 3. The molecule has 0 aliphatic carbocycles. The Hall–Kier alpha value is -4.77. The van der Waals surface area contributed by atoms with Crippen LogP contribution < -0.4 is 20.4 Å². The van der Waals surface area contributed by atoms with E-state index in [1.165, 1.54) is 23.5 Å². The fourth-order valence-corrected chi connectivity index (χ4v) is 8.37.